The number of hydrogen-bond donors (Lipinski definition) is 0. The number of carbonyl (C=O) groups is 3. The van der Waals surface area contributed by atoms with Crippen LogP contribution in [0.15, 0.2) is 43.0 Å². The summed E-state index contributed by atoms with van der Waals surface area (Å²) >= 11 is 0. The second-order valence-electron chi connectivity index (χ2n) is 7.58. The molecule has 0 bridgehead atoms. The fourth-order valence-corrected chi connectivity index (χ4v) is 3.13. The van der Waals surface area contributed by atoms with Crippen LogP contribution in [0.25, 0.3) is 0 Å². The summed E-state index contributed by atoms with van der Waals surface area (Å²) in [5.41, 5.74) is -0.0718. The van der Waals surface area contributed by atoms with E-state index in [-0.39, 0.29) is 19.6 Å². The van der Waals surface area contributed by atoms with Gasteiger partial charge in [-0.3, -0.25) is 14.4 Å². The maximum absolute atomic E-state index is 13.1. The third-order valence-corrected chi connectivity index (χ3v) is 4.19. The highest BCUT2D eigenvalue weighted by atomic mass is 16.6. The summed E-state index contributed by atoms with van der Waals surface area (Å²) in [4.78, 5) is 38.6. The molecule has 29 heavy (non-hydrogen) atoms. The molecular formula is C23H32O6. The third-order valence-electron chi connectivity index (χ3n) is 4.19. The van der Waals surface area contributed by atoms with Gasteiger partial charge >= 0.3 is 17.9 Å². The predicted octanol–water partition coefficient (Wildman–Crippen LogP) is 4.05. The van der Waals surface area contributed by atoms with Crippen molar-refractivity contribution in [2.75, 3.05) is 13.2 Å². The summed E-state index contributed by atoms with van der Waals surface area (Å²) in [5.74, 6) is -4.88. The van der Waals surface area contributed by atoms with Gasteiger partial charge in [0.25, 0.3) is 0 Å². The van der Waals surface area contributed by atoms with Crippen LogP contribution < -0.4 is 0 Å². The number of benzene rings is 1. The lowest BCUT2D eigenvalue weighted by Crippen LogP contribution is -2.40. The Morgan fingerprint density at radius 2 is 1.48 bits per heavy atom. The second-order valence-corrected chi connectivity index (χ2v) is 7.58. The Bertz CT molecular complexity index is 671. The molecule has 1 rings (SSSR count). The number of allylic oxidation sites excluding steroid dienone is 1. The predicted molar refractivity (Wildman–Crippen MR) is 110 cm³/mol. The molecule has 0 amide bonds. The first-order chi connectivity index (χ1) is 13.7. The average Bonchev–Trinajstić information content (AvgIpc) is 2.64. The highest BCUT2D eigenvalue weighted by molar-refractivity contribution is 5.97. The van der Waals surface area contributed by atoms with Crippen LogP contribution in [0.4, 0.5) is 0 Å². The normalized spacial score (nSPS) is 13.3. The number of carbonyl (C=O) groups excluding carboxylic acids is 3. The van der Waals surface area contributed by atoms with E-state index in [1.807, 2.05) is 6.07 Å². The summed E-state index contributed by atoms with van der Waals surface area (Å²) in [6.07, 6.45) is 1.81. The van der Waals surface area contributed by atoms with Gasteiger partial charge in [0.2, 0.25) is 0 Å². The van der Waals surface area contributed by atoms with E-state index in [2.05, 4.69) is 6.58 Å². The minimum Gasteiger partial charge on any atom is -0.465 e. The van der Waals surface area contributed by atoms with Gasteiger partial charge in [0, 0.05) is 5.92 Å². The standard InChI is InChI=1S/C23H32O6/c1-7-13-17(20(24)29-23(4,5)6)18(16-14-11-10-12-15-16)19(21(25)27-8-2)22(26)28-9-3/h7,10-12,14-15,17-19H,1,8-9,13H2,2-6H3/t17-,18-/m1/s1. The van der Waals surface area contributed by atoms with Crippen molar-refractivity contribution in [3.8, 4) is 0 Å². The Kier molecular flexibility index (Phi) is 9.59. The van der Waals surface area contributed by atoms with Crippen LogP contribution in [-0.2, 0) is 28.6 Å². The van der Waals surface area contributed by atoms with Crippen molar-refractivity contribution < 1.29 is 28.6 Å². The van der Waals surface area contributed by atoms with E-state index in [1.54, 1.807) is 65.0 Å². The lowest BCUT2D eigenvalue weighted by Gasteiger charge is -2.32. The van der Waals surface area contributed by atoms with Crippen LogP contribution in [0.3, 0.4) is 0 Å². The Morgan fingerprint density at radius 3 is 1.90 bits per heavy atom. The highest BCUT2D eigenvalue weighted by Crippen LogP contribution is 2.38. The number of hydrogen-bond acceptors (Lipinski definition) is 6. The van der Waals surface area contributed by atoms with Gasteiger partial charge in [-0.15, -0.1) is 6.58 Å². The van der Waals surface area contributed by atoms with Crippen molar-refractivity contribution in [3.63, 3.8) is 0 Å². The molecular weight excluding hydrogens is 372 g/mol. The van der Waals surface area contributed by atoms with Gasteiger partial charge in [0.1, 0.15) is 5.60 Å². The van der Waals surface area contributed by atoms with E-state index in [0.29, 0.717) is 5.56 Å². The molecule has 6 heteroatoms. The fourth-order valence-electron chi connectivity index (χ4n) is 3.13. The molecule has 0 saturated carbocycles. The molecule has 1 aromatic carbocycles. The molecule has 0 saturated heterocycles. The fraction of sp³-hybridized carbons (Fsp3) is 0.522. The van der Waals surface area contributed by atoms with Gasteiger partial charge in [-0.2, -0.15) is 0 Å². The van der Waals surface area contributed by atoms with Crippen LogP contribution in [0.1, 0.15) is 52.5 Å². The number of esters is 3. The molecule has 0 aliphatic carbocycles. The van der Waals surface area contributed by atoms with E-state index in [1.165, 1.54) is 0 Å². The van der Waals surface area contributed by atoms with Crippen molar-refractivity contribution in [1.82, 2.24) is 0 Å². The summed E-state index contributed by atoms with van der Waals surface area (Å²) in [6, 6.07) is 8.94. The molecule has 6 nitrogen and oxygen atoms in total. The summed E-state index contributed by atoms with van der Waals surface area (Å²) < 4.78 is 15.9. The van der Waals surface area contributed by atoms with E-state index in [4.69, 9.17) is 14.2 Å². The van der Waals surface area contributed by atoms with Crippen LogP contribution in [0.5, 0.6) is 0 Å². The van der Waals surface area contributed by atoms with Crippen LogP contribution in [-0.4, -0.2) is 36.7 Å². The topological polar surface area (TPSA) is 78.9 Å². The second kappa shape index (κ2) is 11.4. The number of rotatable bonds is 10. The van der Waals surface area contributed by atoms with Crippen molar-refractivity contribution in [3.05, 3.63) is 48.6 Å². The Balaban J connectivity index is 3.55. The highest BCUT2D eigenvalue weighted by Gasteiger charge is 2.45. The summed E-state index contributed by atoms with van der Waals surface area (Å²) in [6.45, 7) is 12.6. The van der Waals surface area contributed by atoms with E-state index in [0.717, 1.165) is 0 Å². The van der Waals surface area contributed by atoms with Crippen LogP contribution in [0, 0.1) is 11.8 Å². The Hall–Kier alpha value is -2.63. The van der Waals surface area contributed by atoms with Gasteiger partial charge in [0.05, 0.1) is 19.1 Å². The van der Waals surface area contributed by atoms with Gasteiger partial charge in [-0.05, 0) is 46.6 Å². The smallest absolute Gasteiger partial charge is 0.320 e. The van der Waals surface area contributed by atoms with E-state index in [9.17, 15) is 14.4 Å². The van der Waals surface area contributed by atoms with Crippen LogP contribution in [0.2, 0.25) is 0 Å². The van der Waals surface area contributed by atoms with Gasteiger partial charge in [0.15, 0.2) is 5.92 Å². The molecule has 0 spiro atoms. The molecule has 0 heterocycles. The first-order valence-corrected chi connectivity index (χ1v) is 9.88. The Labute approximate surface area is 173 Å². The Morgan fingerprint density at radius 1 is 0.966 bits per heavy atom. The van der Waals surface area contributed by atoms with E-state index < -0.39 is 41.3 Å². The molecule has 0 N–H and O–H groups in total. The monoisotopic (exact) mass is 404 g/mol. The minimum absolute atomic E-state index is 0.106. The molecule has 0 fully saturated rings. The average molecular weight is 405 g/mol. The minimum atomic E-state index is -1.30. The van der Waals surface area contributed by atoms with Crippen molar-refractivity contribution >= 4 is 17.9 Å². The molecule has 1 aromatic rings. The van der Waals surface area contributed by atoms with Gasteiger partial charge in [-0.25, -0.2) is 0 Å². The van der Waals surface area contributed by atoms with Crippen molar-refractivity contribution in [2.24, 2.45) is 11.8 Å². The quantitative estimate of drug-likeness (QED) is 0.253. The molecule has 0 radical (unpaired) electrons. The van der Waals surface area contributed by atoms with Crippen molar-refractivity contribution in [1.29, 1.82) is 0 Å². The number of ether oxygens (including phenoxy) is 3. The summed E-state index contributed by atoms with van der Waals surface area (Å²) in [7, 11) is 0. The first-order valence-electron chi connectivity index (χ1n) is 9.88. The van der Waals surface area contributed by atoms with Crippen LogP contribution >= 0.6 is 0 Å². The zero-order valence-corrected chi connectivity index (χ0v) is 18.0. The molecule has 0 unspecified atom stereocenters. The maximum Gasteiger partial charge on any atom is 0.320 e. The molecule has 0 aliphatic rings. The van der Waals surface area contributed by atoms with Gasteiger partial charge in [-0.1, -0.05) is 36.4 Å². The SMILES string of the molecule is C=CC[C@@H](C(=O)OC(C)(C)C)[C@@H](c1ccccc1)C(C(=O)OCC)C(=O)OCC. The lowest BCUT2D eigenvalue weighted by molar-refractivity contribution is -0.167. The molecule has 2 atom stereocenters. The van der Waals surface area contributed by atoms with Crippen molar-refractivity contribution in [2.45, 2.75) is 52.6 Å². The van der Waals surface area contributed by atoms with E-state index >= 15 is 0 Å². The third kappa shape index (κ3) is 7.37. The largest absolute Gasteiger partial charge is 0.465 e. The zero-order chi connectivity index (χ0) is 22.0. The molecule has 0 aliphatic heterocycles. The van der Waals surface area contributed by atoms with Gasteiger partial charge < -0.3 is 14.2 Å². The molecule has 160 valence electrons. The maximum atomic E-state index is 13.1. The molecule has 0 aromatic heterocycles. The first kappa shape index (κ1) is 24.4. The summed E-state index contributed by atoms with van der Waals surface area (Å²) in [5, 5.41) is 0. The zero-order valence-electron chi connectivity index (χ0n) is 18.0. The lowest BCUT2D eigenvalue weighted by atomic mass is 9.75.